The van der Waals surface area contributed by atoms with Crippen LogP contribution in [0, 0.1) is 20.8 Å². The van der Waals surface area contributed by atoms with Gasteiger partial charge in [0.15, 0.2) is 0 Å². The fourth-order valence-electron chi connectivity index (χ4n) is 5.00. The van der Waals surface area contributed by atoms with Crippen LogP contribution in [0.1, 0.15) is 23.1 Å². The largest absolute Gasteiger partial charge is 0.573 e. The van der Waals surface area contributed by atoms with Crippen LogP contribution in [0.3, 0.4) is 0 Å². The molecule has 2 aliphatic rings. The lowest BCUT2D eigenvalue weighted by molar-refractivity contribution is -0.274. The second kappa shape index (κ2) is 9.91. The molecule has 35 heavy (non-hydrogen) atoms. The van der Waals surface area contributed by atoms with E-state index in [2.05, 4.69) is 19.9 Å². The molecule has 0 bridgehead atoms. The summed E-state index contributed by atoms with van der Waals surface area (Å²) in [5.41, 5.74) is 7.26. The number of aryl methyl sites for hydroxylation is 3. The van der Waals surface area contributed by atoms with Crippen molar-refractivity contribution in [1.29, 1.82) is 0 Å². The number of anilines is 2. The topological polar surface area (TPSA) is 65.0 Å². The highest BCUT2D eigenvalue weighted by Gasteiger charge is 2.34. The number of halogens is 3. The van der Waals surface area contributed by atoms with Crippen LogP contribution >= 0.6 is 0 Å². The molecule has 1 unspecified atom stereocenters. The van der Waals surface area contributed by atoms with E-state index in [1.165, 1.54) is 23.3 Å². The van der Waals surface area contributed by atoms with Gasteiger partial charge in [0.25, 0.3) is 0 Å². The predicted octanol–water partition coefficient (Wildman–Crippen LogP) is 4.33. The first-order valence-corrected chi connectivity index (χ1v) is 11.6. The fourth-order valence-corrected chi connectivity index (χ4v) is 5.00. The SMILES string of the molecule is Cc1cc(C)c(NC(=O)CC(CO)N2CC3=C(CN(c4ccc(OC(F)(F)F)cc4)C3)C2)c(C)c1. The molecule has 6 nitrogen and oxygen atoms in total. The number of nitrogens with one attached hydrogen (secondary N) is 1. The van der Waals surface area contributed by atoms with E-state index in [-0.39, 0.29) is 30.7 Å². The Labute approximate surface area is 203 Å². The molecule has 4 rings (SSSR count). The standard InChI is InChI=1S/C26H30F3N3O3/c1-16-8-17(2)25(18(3)9-16)30-24(34)10-22(15-33)32-13-19-11-31(12-20(19)14-32)21-4-6-23(7-5-21)35-26(27,28)29/h4-9,22,33H,10-15H2,1-3H3,(H,30,34). The summed E-state index contributed by atoms with van der Waals surface area (Å²) in [5.74, 6) is -0.374. The summed E-state index contributed by atoms with van der Waals surface area (Å²) in [5, 5.41) is 13.0. The molecule has 2 heterocycles. The van der Waals surface area contributed by atoms with E-state index in [1.807, 2.05) is 32.9 Å². The van der Waals surface area contributed by atoms with E-state index in [4.69, 9.17) is 0 Å². The van der Waals surface area contributed by atoms with Crippen LogP contribution in [0.4, 0.5) is 24.5 Å². The van der Waals surface area contributed by atoms with Crippen molar-refractivity contribution in [2.75, 3.05) is 43.0 Å². The van der Waals surface area contributed by atoms with Crippen LogP contribution in [0.15, 0.2) is 47.5 Å². The molecule has 2 aromatic carbocycles. The molecule has 9 heteroatoms. The number of aliphatic hydroxyl groups is 1. The van der Waals surface area contributed by atoms with Gasteiger partial charge in [-0.3, -0.25) is 9.69 Å². The summed E-state index contributed by atoms with van der Waals surface area (Å²) in [6, 6.07) is 9.65. The van der Waals surface area contributed by atoms with E-state index in [9.17, 15) is 23.1 Å². The average molecular weight is 490 g/mol. The van der Waals surface area contributed by atoms with Crippen LogP contribution in [-0.4, -0.2) is 61.1 Å². The van der Waals surface area contributed by atoms with Crippen molar-refractivity contribution in [3.05, 3.63) is 64.2 Å². The van der Waals surface area contributed by atoms with E-state index in [0.29, 0.717) is 26.2 Å². The van der Waals surface area contributed by atoms with Gasteiger partial charge >= 0.3 is 6.36 Å². The minimum atomic E-state index is -4.71. The van der Waals surface area contributed by atoms with Crippen molar-refractivity contribution in [2.24, 2.45) is 0 Å². The Kier molecular flexibility index (Phi) is 7.10. The van der Waals surface area contributed by atoms with Gasteiger partial charge in [-0.05, 0) is 67.3 Å². The number of benzene rings is 2. The number of carbonyl (C=O) groups excluding carboxylic acids is 1. The van der Waals surface area contributed by atoms with Crippen molar-refractivity contribution in [1.82, 2.24) is 4.90 Å². The van der Waals surface area contributed by atoms with E-state index in [1.54, 1.807) is 12.1 Å². The summed E-state index contributed by atoms with van der Waals surface area (Å²) in [6.45, 7) is 8.47. The molecule has 1 atom stereocenters. The normalized spacial score (nSPS) is 17.1. The number of hydrogen-bond acceptors (Lipinski definition) is 5. The third-order valence-corrected chi connectivity index (χ3v) is 6.58. The lowest BCUT2D eigenvalue weighted by atomic mass is 10.0. The second-order valence-electron chi connectivity index (χ2n) is 9.37. The van der Waals surface area contributed by atoms with Gasteiger partial charge in [0.2, 0.25) is 5.91 Å². The first kappa shape index (κ1) is 25.1. The lowest BCUT2D eigenvalue weighted by Crippen LogP contribution is -2.41. The molecule has 0 saturated heterocycles. The summed E-state index contributed by atoms with van der Waals surface area (Å²) in [7, 11) is 0. The van der Waals surface area contributed by atoms with Gasteiger partial charge < -0.3 is 20.1 Å². The van der Waals surface area contributed by atoms with Crippen LogP contribution in [0.25, 0.3) is 0 Å². The monoisotopic (exact) mass is 489 g/mol. The number of hydrogen-bond donors (Lipinski definition) is 2. The molecule has 2 aliphatic heterocycles. The molecule has 188 valence electrons. The highest BCUT2D eigenvalue weighted by molar-refractivity contribution is 5.92. The van der Waals surface area contributed by atoms with E-state index >= 15 is 0 Å². The van der Waals surface area contributed by atoms with E-state index in [0.717, 1.165) is 28.1 Å². The summed E-state index contributed by atoms with van der Waals surface area (Å²) in [4.78, 5) is 17.0. The van der Waals surface area contributed by atoms with Gasteiger partial charge in [0.1, 0.15) is 5.75 Å². The maximum absolute atomic E-state index is 12.8. The first-order chi connectivity index (χ1) is 16.5. The Morgan fingerprint density at radius 3 is 2.11 bits per heavy atom. The van der Waals surface area contributed by atoms with Crippen LogP contribution in [-0.2, 0) is 4.79 Å². The van der Waals surface area contributed by atoms with Gasteiger partial charge in [0, 0.05) is 50.0 Å². The molecule has 0 spiro atoms. The fraction of sp³-hybridized carbons (Fsp3) is 0.423. The molecule has 0 saturated carbocycles. The molecule has 2 aromatic rings. The molecule has 0 radical (unpaired) electrons. The van der Waals surface area contributed by atoms with Gasteiger partial charge in [-0.1, -0.05) is 17.7 Å². The predicted molar refractivity (Wildman–Crippen MR) is 129 cm³/mol. The molecule has 1 amide bonds. The average Bonchev–Trinajstić information content (AvgIpc) is 3.33. The molecule has 2 N–H and O–H groups in total. The highest BCUT2D eigenvalue weighted by Crippen LogP contribution is 2.32. The van der Waals surface area contributed by atoms with Crippen molar-refractivity contribution in [2.45, 2.75) is 39.6 Å². The molecule has 0 aromatic heterocycles. The quantitative estimate of drug-likeness (QED) is 0.567. The summed E-state index contributed by atoms with van der Waals surface area (Å²) in [6.07, 6.45) is -4.52. The Hall–Kier alpha value is -3.04. The van der Waals surface area contributed by atoms with Gasteiger partial charge in [0.05, 0.1) is 6.61 Å². The van der Waals surface area contributed by atoms with E-state index < -0.39 is 6.36 Å². The minimum Gasteiger partial charge on any atom is -0.406 e. The number of amides is 1. The van der Waals surface area contributed by atoms with Gasteiger partial charge in [-0.25, -0.2) is 0 Å². The van der Waals surface area contributed by atoms with Crippen molar-refractivity contribution in [3.63, 3.8) is 0 Å². The lowest BCUT2D eigenvalue weighted by Gasteiger charge is -2.29. The number of ether oxygens (including phenoxy) is 1. The Morgan fingerprint density at radius 2 is 1.60 bits per heavy atom. The van der Waals surface area contributed by atoms with Crippen molar-refractivity contribution < 1.29 is 27.8 Å². The molecule has 0 fully saturated rings. The number of aliphatic hydroxyl groups excluding tert-OH is 1. The summed E-state index contributed by atoms with van der Waals surface area (Å²) >= 11 is 0. The van der Waals surface area contributed by atoms with Gasteiger partial charge in [-0.2, -0.15) is 0 Å². The molecular formula is C26H30F3N3O3. The molecular weight excluding hydrogens is 459 g/mol. The maximum Gasteiger partial charge on any atom is 0.573 e. The highest BCUT2D eigenvalue weighted by atomic mass is 19.4. The van der Waals surface area contributed by atoms with Crippen LogP contribution in [0.2, 0.25) is 0 Å². The van der Waals surface area contributed by atoms with Gasteiger partial charge in [-0.15, -0.1) is 13.2 Å². The smallest absolute Gasteiger partial charge is 0.406 e. The zero-order chi connectivity index (χ0) is 25.3. The van der Waals surface area contributed by atoms with Crippen molar-refractivity contribution in [3.8, 4) is 5.75 Å². The Morgan fingerprint density at radius 1 is 1.03 bits per heavy atom. The Balaban J connectivity index is 1.31. The number of carbonyl (C=O) groups is 1. The third kappa shape index (κ3) is 5.97. The second-order valence-corrected chi connectivity index (χ2v) is 9.37. The Bertz CT molecular complexity index is 1090. The molecule has 0 aliphatic carbocycles. The summed E-state index contributed by atoms with van der Waals surface area (Å²) < 4.78 is 41.1. The number of nitrogens with zero attached hydrogens (tertiary/aromatic N) is 2. The van der Waals surface area contributed by atoms with Crippen molar-refractivity contribution >= 4 is 17.3 Å². The third-order valence-electron chi connectivity index (χ3n) is 6.58. The maximum atomic E-state index is 12.8. The number of alkyl halides is 3. The minimum absolute atomic E-state index is 0.121. The zero-order valence-corrected chi connectivity index (χ0v) is 20.1. The first-order valence-electron chi connectivity index (χ1n) is 11.6. The van der Waals surface area contributed by atoms with Crippen LogP contribution < -0.4 is 15.0 Å². The zero-order valence-electron chi connectivity index (χ0n) is 20.1. The number of rotatable bonds is 7. The van der Waals surface area contributed by atoms with Crippen LogP contribution in [0.5, 0.6) is 5.75 Å².